The summed E-state index contributed by atoms with van der Waals surface area (Å²) in [5.41, 5.74) is 7.75. The molecule has 0 heterocycles. The molecular weight excluding hydrogens is 330 g/mol. The molecule has 0 aromatic heterocycles. The van der Waals surface area contributed by atoms with Crippen molar-refractivity contribution in [1.29, 1.82) is 0 Å². The molecule has 2 rings (SSSR count). The van der Waals surface area contributed by atoms with Crippen molar-refractivity contribution in [3.63, 3.8) is 0 Å². The summed E-state index contributed by atoms with van der Waals surface area (Å²) in [5, 5.41) is 2.69. The Kier molecular flexibility index (Phi) is 6.16. The molecule has 1 amide bonds. The molecule has 0 unspecified atom stereocenters. The van der Waals surface area contributed by atoms with Crippen LogP contribution in [0.2, 0.25) is 0 Å². The van der Waals surface area contributed by atoms with Crippen LogP contribution < -0.4 is 20.5 Å². The molecule has 3 N–H and O–H groups in total. The number of hydrogen-bond acceptors (Lipinski definition) is 4. The summed E-state index contributed by atoms with van der Waals surface area (Å²) >= 11 is 0. The van der Waals surface area contributed by atoms with E-state index in [0.29, 0.717) is 23.4 Å². The number of carbonyl (C=O) groups excluding carboxylic acids is 1. The molecule has 0 saturated heterocycles. The zero-order chi connectivity index (χ0) is 18.4. The number of hydrogen-bond donors (Lipinski definition) is 2. The predicted octanol–water partition coefficient (Wildman–Crippen LogP) is 3.51. The summed E-state index contributed by atoms with van der Waals surface area (Å²) in [6.07, 6.45) is 0. The summed E-state index contributed by atoms with van der Waals surface area (Å²) in [6, 6.07) is 9.78. The fourth-order valence-electron chi connectivity index (χ4n) is 2.35. The number of anilines is 1. The average Bonchev–Trinajstić information content (AvgIpc) is 2.57. The van der Waals surface area contributed by atoms with Crippen LogP contribution in [0.3, 0.4) is 0 Å². The Morgan fingerprint density at radius 3 is 2.72 bits per heavy atom. The van der Waals surface area contributed by atoms with Crippen LogP contribution in [0, 0.1) is 6.92 Å². The molecule has 0 aliphatic rings. The van der Waals surface area contributed by atoms with Gasteiger partial charge < -0.3 is 20.5 Å². The number of alkyl halides is 2. The first kappa shape index (κ1) is 18.5. The minimum atomic E-state index is -2.99. The van der Waals surface area contributed by atoms with Crippen LogP contribution in [0.5, 0.6) is 11.5 Å². The summed E-state index contributed by atoms with van der Waals surface area (Å²) < 4.78 is 35.3. The number of para-hydroxylation sites is 1. The van der Waals surface area contributed by atoms with Gasteiger partial charge in [0.05, 0.1) is 6.61 Å². The number of nitrogens with one attached hydrogen (secondary N) is 1. The lowest BCUT2D eigenvalue weighted by Crippen LogP contribution is -2.24. The van der Waals surface area contributed by atoms with Crippen molar-refractivity contribution >= 4 is 11.6 Å². The van der Waals surface area contributed by atoms with Gasteiger partial charge >= 0.3 is 6.61 Å². The molecule has 0 radical (unpaired) electrons. The zero-order valence-corrected chi connectivity index (χ0v) is 14.0. The Hall–Kier alpha value is -2.83. The third-order valence-electron chi connectivity index (χ3n) is 3.51. The van der Waals surface area contributed by atoms with Crippen LogP contribution >= 0.6 is 0 Å². The van der Waals surface area contributed by atoms with Crippen LogP contribution in [-0.4, -0.2) is 19.1 Å². The molecule has 0 bridgehead atoms. The second-order valence-corrected chi connectivity index (χ2v) is 5.31. The number of amides is 1. The van der Waals surface area contributed by atoms with E-state index in [0.717, 1.165) is 5.56 Å². The van der Waals surface area contributed by atoms with E-state index in [1.807, 2.05) is 0 Å². The third-order valence-corrected chi connectivity index (χ3v) is 3.51. The minimum absolute atomic E-state index is 0.00996. The second kappa shape index (κ2) is 8.32. The number of carbonyl (C=O) groups is 1. The maximum atomic E-state index is 12.7. The second-order valence-electron chi connectivity index (χ2n) is 5.31. The first-order valence-corrected chi connectivity index (χ1v) is 7.76. The maximum Gasteiger partial charge on any atom is 0.387 e. The first-order valence-electron chi connectivity index (χ1n) is 7.76. The summed E-state index contributed by atoms with van der Waals surface area (Å²) in [5.74, 6) is -0.228. The molecule has 0 fully saturated rings. The average molecular weight is 350 g/mol. The molecule has 25 heavy (non-hydrogen) atoms. The molecule has 5 nitrogen and oxygen atoms in total. The van der Waals surface area contributed by atoms with Gasteiger partial charge in [-0.05, 0) is 37.6 Å². The third kappa shape index (κ3) is 4.82. The summed E-state index contributed by atoms with van der Waals surface area (Å²) in [4.78, 5) is 12.3. The molecule has 0 spiro atoms. The molecular formula is C18H20F2N2O3. The van der Waals surface area contributed by atoms with E-state index in [1.165, 1.54) is 6.07 Å². The minimum Gasteiger partial charge on any atom is -0.490 e. The fourth-order valence-corrected chi connectivity index (χ4v) is 2.35. The van der Waals surface area contributed by atoms with Gasteiger partial charge in [0.25, 0.3) is 5.91 Å². The lowest BCUT2D eigenvalue weighted by atomic mass is 10.1. The van der Waals surface area contributed by atoms with Gasteiger partial charge in [-0.15, -0.1) is 0 Å². The Bertz CT molecular complexity index is 751. The Balaban J connectivity index is 2.20. The molecule has 0 atom stereocenters. The van der Waals surface area contributed by atoms with Crippen molar-refractivity contribution in [2.24, 2.45) is 0 Å². The standard InChI is InChI=1S/C18H20F2N2O3/c1-3-24-15-6-4-5-12(16(15)25-18(19)20)10-22-17(23)14-9-13(21)8-7-11(14)2/h4-9,18H,3,10,21H2,1-2H3,(H,22,23). The first-order chi connectivity index (χ1) is 11.9. The van der Waals surface area contributed by atoms with Gasteiger partial charge in [-0.25, -0.2) is 0 Å². The van der Waals surface area contributed by atoms with Gasteiger partial charge in [-0.2, -0.15) is 8.78 Å². The quantitative estimate of drug-likeness (QED) is 0.750. The van der Waals surface area contributed by atoms with Gasteiger partial charge in [0.2, 0.25) is 0 Å². The Morgan fingerprint density at radius 1 is 1.28 bits per heavy atom. The van der Waals surface area contributed by atoms with Crippen molar-refractivity contribution in [2.75, 3.05) is 12.3 Å². The maximum absolute atomic E-state index is 12.7. The monoisotopic (exact) mass is 350 g/mol. The van der Waals surface area contributed by atoms with Gasteiger partial charge in [0, 0.05) is 23.4 Å². The smallest absolute Gasteiger partial charge is 0.387 e. The normalized spacial score (nSPS) is 10.6. The lowest BCUT2D eigenvalue weighted by Gasteiger charge is -2.16. The molecule has 134 valence electrons. The highest BCUT2D eigenvalue weighted by Crippen LogP contribution is 2.32. The zero-order valence-electron chi connectivity index (χ0n) is 14.0. The molecule has 0 aliphatic heterocycles. The highest BCUT2D eigenvalue weighted by atomic mass is 19.3. The van der Waals surface area contributed by atoms with E-state index in [4.69, 9.17) is 10.5 Å². The van der Waals surface area contributed by atoms with Crippen molar-refractivity contribution in [3.05, 3.63) is 53.1 Å². The van der Waals surface area contributed by atoms with Gasteiger partial charge in [0.15, 0.2) is 11.5 Å². The van der Waals surface area contributed by atoms with E-state index in [-0.39, 0.29) is 24.0 Å². The van der Waals surface area contributed by atoms with Crippen LogP contribution in [-0.2, 0) is 6.54 Å². The molecule has 7 heteroatoms. The van der Waals surface area contributed by atoms with E-state index >= 15 is 0 Å². The van der Waals surface area contributed by atoms with Crippen molar-refractivity contribution < 1.29 is 23.0 Å². The highest BCUT2D eigenvalue weighted by molar-refractivity contribution is 5.96. The Morgan fingerprint density at radius 2 is 2.04 bits per heavy atom. The number of ether oxygens (including phenoxy) is 2. The number of aryl methyl sites for hydroxylation is 1. The van der Waals surface area contributed by atoms with Crippen molar-refractivity contribution in [3.8, 4) is 11.5 Å². The molecule has 2 aromatic carbocycles. The number of nitrogen functional groups attached to an aromatic ring is 1. The highest BCUT2D eigenvalue weighted by Gasteiger charge is 2.17. The van der Waals surface area contributed by atoms with Gasteiger partial charge in [-0.3, -0.25) is 4.79 Å². The van der Waals surface area contributed by atoms with E-state index in [2.05, 4.69) is 10.1 Å². The Labute approximate surface area is 144 Å². The van der Waals surface area contributed by atoms with Crippen LogP contribution in [0.25, 0.3) is 0 Å². The van der Waals surface area contributed by atoms with E-state index < -0.39 is 6.61 Å². The lowest BCUT2D eigenvalue weighted by molar-refractivity contribution is -0.0520. The summed E-state index contributed by atoms with van der Waals surface area (Å²) in [6.45, 7) is 0.846. The van der Waals surface area contributed by atoms with Gasteiger partial charge in [-0.1, -0.05) is 18.2 Å². The molecule has 2 aromatic rings. The van der Waals surface area contributed by atoms with Gasteiger partial charge in [0.1, 0.15) is 0 Å². The van der Waals surface area contributed by atoms with E-state index in [1.54, 1.807) is 44.2 Å². The van der Waals surface area contributed by atoms with Crippen molar-refractivity contribution in [1.82, 2.24) is 5.32 Å². The fraction of sp³-hybridized carbons (Fsp3) is 0.278. The van der Waals surface area contributed by atoms with Crippen LogP contribution in [0.15, 0.2) is 36.4 Å². The molecule has 0 aliphatic carbocycles. The van der Waals surface area contributed by atoms with Crippen molar-refractivity contribution in [2.45, 2.75) is 27.0 Å². The topological polar surface area (TPSA) is 73.6 Å². The SMILES string of the molecule is CCOc1cccc(CNC(=O)c2cc(N)ccc2C)c1OC(F)F. The predicted molar refractivity (Wildman–Crippen MR) is 91.0 cm³/mol. The van der Waals surface area contributed by atoms with Crippen LogP contribution in [0.1, 0.15) is 28.4 Å². The van der Waals surface area contributed by atoms with E-state index in [9.17, 15) is 13.6 Å². The number of benzene rings is 2. The molecule has 0 saturated carbocycles. The largest absolute Gasteiger partial charge is 0.490 e. The number of halogens is 2. The summed E-state index contributed by atoms with van der Waals surface area (Å²) in [7, 11) is 0. The number of rotatable bonds is 7. The number of nitrogens with two attached hydrogens (primary N) is 1. The van der Waals surface area contributed by atoms with Crippen LogP contribution in [0.4, 0.5) is 14.5 Å².